The van der Waals surface area contributed by atoms with E-state index >= 15 is 0 Å². The third kappa shape index (κ3) is 7.11. The molecule has 1 aromatic carbocycles. The number of methoxy groups -OCH3 is 1. The molecule has 0 aliphatic rings. The number of carbonyl (C=O) groups is 1. The molecule has 0 atom stereocenters. The molecule has 1 heterocycles. The highest BCUT2D eigenvalue weighted by molar-refractivity contribution is 5.76. The first-order valence-corrected chi connectivity index (χ1v) is 8.86. The first-order chi connectivity index (χ1) is 12.2. The fraction of sp³-hybridized carbons (Fsp3) is 0.450. The number of amides is 1. The van der Waals surface area contributed by atoms with Gasteiger partial charge in [-0.2, -0.15) is 0 Å². The molecule has 0 aliphatic carbocycles. The van der Waals surface area contributed by atoms with Crippen molar-refractivity contribution < 1.29 is 19.3 Å². The van der Waals surface area contributed by atoms with Crippen LogP contribution in [-0.2, 0) is 22.5 Å². The van der Waals surface area contributed by atoms with Crippen LogP contribution in [0, 0.1) is 6.92 Å². The summed E-state index contributed by atoms with van der Waals surface area (Å²) in [7, 11) is 1.70. The largest absolute Gasteiger partial charge is 0.464 e. The number of furan rings is 1. The Bertz CT molecular complexity index is 625. The summed E-state index contributed by atoms with van der Waals surface area (Å²) in [5, 5.41) is 2.05. The van der Waals surface area contributed by atoms with Gasteiger partial charge in [-0.1, -0.05) is 30.3 Å². The number of nitrogens with zero attached hydrogens (tertiary/aromatic N) is 1. The molecular formula is C20H29N2O3+. The van der Waals surface area contributed by atoms with Crippen molar-refractivity contribution in [3.05, 3.63) is 59.5 Å². The Morgan fingerprint density at radius 3 is 2.68 bits per heavy atom. The normalized spacial score (nSPS) is 10.8. The molecule has 136 valence electrons. The third-order valence-corrected chi connectivity index (χ3v) is 4.08. The number of ether oxygens (including phenoxy) is 1. The van der Waals surface area contributed by atoms with Crippen LogP contribution in [0.1, 0.15) is 23.5 Å². The molecule has 2 rings (SSSR count). The van der Waals surface area contributed by atoms with Gasteiger partial charge in [0.05, 0.1) is 19.7 Å². The Balaban J connectivity index is 1.89. The number of nitrogens with two attached hydrogens (primary N) is 1. The third-order valence-electron chi connectivity index (χ3n) is 4.08. The molecule has 0 radical (unpaired) electrons. The summed E-state index contributed by atoms with van der Waals surface area (Å²) in [4.78, 5) is 14.5. The lowest BCUT2D eigenvalue weighted by Gasteiger charge is -2.21. The van der Waals surface area contributed by atoms with E-state index in [9.17, 15) is 4.79 Å². The van der Waals surface area contributed by atoms with Crippen molar-refractivity contribution in [3.8, 4) is 0 Å². The molecule has 1 amide bonds. The number of rotatable bonds is 11. The van der Waals surface area contributed by atoms with Crippen LogP contribution < -0.4 is 5.32 Å². The number of benzene rings is 1. The number of aryl methyl sites for hydroxylation is 1. The average molecular weight is 345 g/mol. The van der Waals surface area contributed by atoms with Gasteiger partial charge in [0.1, 0.15) is 11.5 Å². The van der Waals surface area contributed by atoms with Gasteiger partial charge in [0.2, 0.25) is 0 Å². The van der Waals surface area contributed by atoms with Crippen LogP contribution in [0.5, 0.6) is 0 Å². The van der Waals surface area contributed by atoms with Gasteiger partial charge in [0.25, 0.3) is 5.91 Å². The van der Waals surface area contributed by atoms with Crippen LogP contribution in [-0.4, -0.2) is 44.2 Å². The van der Waals surface area contributed by atoms with Crippen LogP contribution in [0.25, 0.3) is 0 Å². The van der Waals surface area contributed by atoms with Gasteiger partial charge in [-0.3, -0.25) is 4.79 Å². The van der Waals surface area contributed by atoms with Crippen LogP contribution in [0.2, 0.25) is 0 Å². The van der Waals surface area contributed by atoms with Crippen LogP contribution in [0.15, 0.2) is 46.9 Å². The number of carbonyl (C=O) groups excluding carboxylic acids is 1. The molecule has 0 unspecified atom stereocenters. The molecule has 1 aromatic heterocycles. The first-order valence-electron chi connectivity index (χ1n) is 8.86. The van der Waals surface area contributed by atoms with Gasteiger partial charge >= 0.3 is 0 Å². The Morgan fingerprint density at radius 2 is 2.00 bits per heavy atom. The summed E-state index contributed by atoms with van der Waals surface area (Å²) in [6, 6.07) is 14.1. The summed E-state index contributed by atoms with van der Waals surface area (Å²) >= 11 is 0. The summed E-state index contributed by atoms with van der Waals surface area (Å²) in [5.74, 6) is 1.84. The number of hydrogen-bond acceptors (Lipinski definition) is 3. The predicted octanol–water partition coefficient (Wildman–Crippen LogP) is 1.76. The van der Waals surface area contributed by atoms with Crippen LogP contribution in [0.3, 0.4) is 0 Å². The van der Waals surface area contributed by atoms with E-state index in [1.165, 1.54) is 5.56 Å². The monoisotopic (exact) mass is 345 g/mol. The van der Waals surface area contributed by atoms with Crippen molar-refractivity contribution in [1.29, 1.82) is 0 Å². The molecule has 0 bridgehead atoms. The lowest BCUT2D eigenvalue weighted by molar-refractivity contribution is -0.645. The average Bonchev–Trinajstić information content (AvgIpc) is 3.04. The highest BCUT2D eigenvalue weighted by Crippen LogP contribution is 2.11. The molecule has 0 fully saturated rings. The van der Waals surface area contributed by atoms with Gasteiger partial charge in [0, 0.05) is 20.1 Å². The van der Waals surface area contributed by atoms with E-state index in [0.29, 0.717) is 19.6 Å². The molecule has 5 nitrogen and oxygen atoms in total. The molecule has 25 heavy (non-hydrogen) atoms. The topological polar surface area (TPSA) is 59.3 Å². The molecular weight excluding hydrogens is 316 g/mol. The van der Waals surface area contributed by atoms with E-state index in [2.05, 4.69) is 12.1 Å². The highest BCUT2D eigenvalue weighted by Gasteiger charge is 2.17. The van der Waals surface area contributed by atoms with E-state index in [1.54, 1.807) is 7.11 Å². The zero-order chi connectivity index (χ0) is 17.9. The zero-order valence-corrected chi connectivity index (χ0v) is 15.2. The summed E-state index contributed by atoms with van der Waals surface area (Å²) < 4.78 is 10.7. The predicted molar refractivity (Wildman–Crippen MR) is 97.2 cm³/mol. The molecule has 0 saturated carbocycles. The summed E-state index contributed by atoms with van der Waals surface area (Å²) in [6.07, 6.45) is 1.79. The minimum atomic E-state index is 0.141. The SMILES string of the molecule is COCCC[NH2+]CC(=O)N(CCc1ccccc1)Cc1ccc(C)o1. The smallest absolute Gasteiger partial charge is 0.278 e. The van der Waals surface area contributed by atoms with Crippen LogP contribution in [0.4, 0.5) is 0 Å². The fourth-order valence-electron chi connectivity index (χ4n) is 2.69. The summed E-state index contributed by atoms with van der Waals surface area (Å²) in [5.41, 5.74) is 1.24. The van der Waals surface area contributed by atoms with E-state index in [-0.39, 0.29) is 5.91 Å². The number of hydrogen-bond donors (Lipinski definition) is 1. The molecule has 2 N–H and O–H groups in total. The standard InChI is InChI=1S/C20H28N2O3/c1-17-9-10-19(25-17)16-22(13-11-18-7-4-3-5-8-18)20(23)15-21-12-6-14-24-2/h3-5,7-10,21H,6,11-16H2,1-2H3/p+1. The van der Waals surface area contributed by atoms with E-state index in [1.807, 2.05) is 47.5 Å². The Hall–Kier alpha value is -2.11. The van der Waals surface area contributed by atoms with E-state index in [0.717, 1.165) is 37.5 Å². The van der Waals surface area contributed by atoms with Crippen LogP contribution >= 0.6 is 0 Å². The Labute approximate surface area is 150 Å². The first kappa shape index (κ1) is 19.2. The van der Waals surface area contributed by atoms with Crippen molar-refractivity contribution in [1.82, 2.24) is 4.90 Å². The van der Waals surface area contributed by atoms with Gasteiger partial charge < -0.3 is 19.4 Å². The molecule has 0 aliphatic heterocycles. The van der Waals surface area contributed by atoms with Gasteiger partial charge in [-0.25, -0.2) is 0 Å². The molecule has 0 spiro atoms. The zero-order valence-electron chi connectivity index (χ0n) is 15.2. The summed E-state index contributed by atoms with van der Waals surface area (Å²) in [6.45, 7) is 5.21. The maximum atomic E-state index is 12.6. The second-order valence-corrected chi connectivity index (χ2v) is 6.19. The van der Waals surface area contributed by atoms with Crippen molar-refractivity contribution in [2.45, 2.75) is 26.3 Å². The lowest BCUT2D eigenvalue weighted by atomic mass is 10.1. The Morgan fingerprint density at radius 1 is 1.20 bits per heavy atom. The second kappa shape index (κ2) is 10.7. The molecule has 2 aromatic rings. The van der Waals surface area contributed by atoms with Crippen molar-refractivity contribution >= 4 is 5.91 Å². The van der Waals surface area contributed by atoms with Crippen molar-refractivity contribution in [2.24, 2.45) is 0 Å². The fourth-order valence-corrected chi connectivity index (χ4v) is 2.69. The maximum Gasteiger partial charge on any atom is 0.278 e. The van der Waals surface area contributed by atoms with Crippen molar-refractivity contribution in [2.75, 3.05) is 33.4 Å². The van der Waals surface area contributed by atoms with E-state index < -0.39 is 0 Å². The number of quaternary nitrogens is 1. The van der Waals surface area contributed by atoms with Gasteiger partial charge in [0.15, 0.2) is 6.54 Å². The van der Waals surface area contributed by atoms with Gasteiger partial charge in [-0.15, -0.1) is 0 Å². The van der Waals surface area contributed by atoms with Gasteiger partial charge in [-0.05, 0) is 31.0 Å². The second-order valence-electron chi connectivity index (χ2n) is 6.19. The quantitative estimate of drug-likeness (QED) is 0.631. The van der Waals surface area contributed by atoms with E-state index in [4.69, 9.17) is 9.15 Å². The van der Waals surface area contributed by atoms with Crippen molar-refractivity contribution in [3.63, 3.8) is 0 Å². The molecule has 5 heteroatoms. The Kier molecular flexibility index (Phi) is 8.22. The highest BCUT2D eigenvalue weighted by atomic mass is 16.5. The molecule has 0 saturated heterocycles. The minimum Gasteiger partial charge on any atom is -0.464 e. The lowest BCUT2D eigenvalue weighted by Crippen LogP contribution is -2.86. The maximum absolute atomic E-state index is 12.6. The minimum absolute atomic E-state index is 0.141.